The van der Waals surface area contributed by atoms with Crippen LogP contribution in [0, 0.1) is 0 Å². The van der Waals surface area contributed by atoms with Crippen LogP contribution in [0.15, 0.2) is 46.7 Å². The molecular formula is C20H25ClN4O. The van der Waals surface area contributed by atoms with Gasteiger partial charge in [-0.15, -0.1) is 0 Å². The Morgan fingerprint density at radius 3 is 2.96 bits per heavy atom. The van der Waals surface area contributed by atoms with E-state index in [1.54, 1.807) is 0 Å². The molecule has 2 aromatic rings. The first kappa shape index (κ1) is 17.4. The predicted molar refractivity (Wildman–Crippen MR) is 106 cm³/mol. The summed E-state index contributed by atoms with van der Waals surface area (Å²) in [5.41, 5.74) is 2.48. The summed E-state index contributed by atoms with van der Waals surface area (Å²) in [5.74, 6) is 0.643. The molecule has 1 aliphatic heterocycles. The predicted octanol–water partition coefficient (Wildman–Crippen LogP) is 3.97. The number of hydrogen-bond acceptors (Lipinski definition) is 4. The van der Waals surface area contributed by atoms with Crippen LogP contribution in [0.25, 0.3) is 10.9 Å². The van der Waals surface area contributed by atoms with E-state index < -0.39 is 0 Å². The van der Waals surface area contributed by atoms with Crippen molar-refractivity contribution in [3.63, 3.8) is 0 Å². The molecule has 1 aliphatic carbocycles. The van der Waals surface area contributed by atoms with Gasteiger partial charge in [0.15, 0.2) is 6.29 Å². The van der Waals surface area contributed by atoms with Crippen LogP contribution in [-0.2, 0) is 11.2 Å². The fourth-order valence-electron chi connectivity index (χ4n) is 3.66. The third-order valence-electron chi connectivity index (χ3n) is 5.18. The van der Waals surface area contributed by atoms with Gasteiger partial charge in [-0.25, -0.2) is 4.99 Å². The maximum Gasteiger partial charge on any atom is 0.215 e. The molecular weight excluding hydrogens is 348 g/mol. The second-order valence-electron chi connectivity index (χ2n) is 7.01. The number of ether oxygens (including phenoxy) is 1. The third kappa shape index (κ3) is 3.74. The summed E-state index contributed by atoms with van der Waals surface area (Å²) >= 11 is 6.38. The molecule has 1 aromatic heterocycles. The maximum absolute atomic E-state index is 6.38. The first-order valence-corrected chi connectivity index (χ1v) is 9.71. The standard InChI is InChI=1S/C20H25ClN4O/c1-25-18(21)12-19(26-15-6-2-3-7-15)24-20(25)22-11-10-14-13-23-17-9-5-4-8-16(14)17/h4-5,8-9,12-13,15,20,22-23H,2-3,6-7,10-11H2,1H3. The first-order chi connectivity index (χ1) is 12.7. The maximum atomic E-state index is 6.38. The lowest BCUT2D eigenvalue weighted by Crippen LogP contribution is -2.44. The second kappa shape index (κ2) is 7.72. The second-order valence-corrected chi connectivity index (χ2v) is 7.39. The largest absolute Gasteiger partial charge is 0.474 e. The van der Waals surface area contributed by atoms with Crippen LogP contribution < -0.4 is 5.32 Å². The van der Waals surface area contributed by atoms with Crippen molar-refractivity contribution >= 4 is 28.4 Å². The normalized spacial score (nSPS) is 21.2. The van der Waals surface area contributed by atoms with Crippen LogP contribution in [-0.4, -0.2) is 41.8 Å². The number of para-hydroxylation sites is 1. The highest BCUT2D eigenvalue weighted by Crippen LogP contribution is 2.24. The smallest absolute Gasteiger partial charge is 0.215 e. The topological polar surface area (TPSA) is 52.6 Å². The highest BCUT2D eigenvalue weighted by molar-refractivity contribution is 6.30. The van der Waals surface area contributed by atoms with Gasteiger partial charge in [0.1, 0.15) is 11.3 Å². The molecule has 0 saturated heterocycles. The molecule has 4 rings (SSSR count). The summed E-state index contributed by atoms with van der Waals surface area (Å²) in [6.45, 7) is 0.807. The molecule has 138 valence electrons. The van der Waals surface area contributed by atoms with Crippen LogP contribution in [0.4, 0.5) is 0 Å². The fourth-order valence-corrected chi connectivity index (χ4v) is 3.85. The van der Waals surface area contributed by atoms with Crippen LogP contribution in [0.1, 0.15) is 31.2 Å². The number of halogens is 1. The summed E-state index contributed by atoms with van der Waals surface area (Å²) in [5, 5.41) is 5.41. The minimum Gasteiger partial charge on any atom is -0.474 e. The van der Waals surface area contributed by atoms with Crippen molar-refractivity contribution in [1.82, 2.24) is 15.2 Å². The zero-order valence-corrected chi connectivity index (χ0v) is 15.8. The highest BCUT2D eigenvalue weighted by atomic mass is 35.5. The third-order valence-corrected chi connectivity index (χ3v) is 5.56. The molecule has 1 aromatic carbocycles. The van der Waals surface area contributed by atoms with E-state index in [0.717, 1.165) is 25.8 Å². The summed E-state index contributed by atoms with van der Waals surface area (Å²) in [7, 11) is 1.94. The molecule has 6 heteroatoms. The van der Waals surface area contributed by atoms with Gasteiger partial charge in [-0.1, -0.05) is 29.8 Å². The Bertz CT molecular complexity index is 822. The Balaban J connectivity index is 1.38. The van der Waals surface area contributed by atoms with E-state index in [2.05, 4.69) is 34.7 Å². The summed E-state index contributed by atoms with van der Waals surface area (Å²) in [4.78, 5) is 9.95. The number of nitrogens with one attached hydrogen (secondary N) is 2. The van der Waals surface area contributed by atoms with Crippen LogP contribution in [0.5, 0.6) is 0 Å². The lowest BCUT2D eigenvalue weighted by Gasteiger charge is -2.31. The van der Waals surface area contributed by atoms with Gasteiger partial charge in [-0.05, 0) is 43.7 Å². The molecule has 2 heterocycles. The molecule has 0 bridgehead atoms. The van der Waals surface area contributed by atoms with Crippen molar-refractivity contribution in [2.24, 2.45) is 4.99 Å². The van der Waals surface area contributed by atoms with Gasteiger partial charge in [0, 0.05) is 36.8 Å². The Labute approximate surface area is 159 Å². The Morgan fingerprint density at radius 2 is 2.12 bits per heavy atom. The van der Waals surface area contributed by atoms with Gasteiger partial charge < -0.3 is 14.6 Å². The highest BCUT2D eigenvalue weighted by Gasteiger charge is 2.24. The van der Waals surface area contributed by atoms with Crippen molar-refractivity contribution in [1.29, 1.82) is 0 Å². The molecule has 1 unspecified atom stereocenters. The van der Waals surface area contributed by atoms with Gasteiger partial charge in [0.05, 0.1) is 0 Å². The van der Waals surface area contributed by atoms with Gasteiger partial charge in [-0.3, -0.25) is 5.32 Å². The van der Waals surface area contributed by atoms with Crippen LogP contribution >= 0.6 is 11.6 Å². The molecule has 0 radical (unpaired) electrons. The zero-order chi connectivity index (χ0) is 17.9. The number of aromatic nitrogens is 1. The Morgan fingerprint density at radius 1 is 1.31 bits per heavy atom. The van der Waals surface area contributed by atoms with Crippen molar-refractivity contribution < 1.29 is 4.74 Å². The molecule has 0 amide bonds. The van der Waals surface area contributed by atoms with Crippen LogP contribution in [0.2, 0.25) is 0 Å². The fraction of sp³-hybridized carbons (Fsp3) is 0.450. The molecule has 1 saturated carbocycles. The SMILES string of the molecule is CN1C(Cl)=CC(OC2CCCC2)=NC1NCCc1c[nH]c2ccccc12. The van der Waals surface area contributed by atoms with Crippen molar-refractivity contribution in [2.45, 2.75) is 44.5 Å². The average molecular weight is 373 g/mol. The first-order valence-electron chi connectivity index (χ1n) is 9.33. The number of nitrogens with zero attached hydrogens (tertiary/aromatic N) is 2. The monoisotopic (exact) mass is 372 g/mol. The average Bonchev–Trinajstić information content (AvgIpc) is 3.29. The quantitative estimate of drug-likeness (QED) is 0.781. The number of aromatic amines is 1. The van der Waals surface area contributed by atoms with Crippen molar-refractivity contribution in [3.8, 4) is 0 Å². The summed E-state index contributed by atoms with van der Waals surface area (Å²) in [6, 6.07) is 8.37. The summed E-state index contributed by atoms with van der Waals surface area (Å²) < 4.78 is 6.03. The van der Waals surface area contributed by atoms with Crippen LogP contribution in [0.3, 0.4) is 0 Å². The number of fused-ring (bicyclic) bond motifs is 1. The number of benzene rings is 1. The molecule has 2 N–H and O–H groups in total. The van der Waals surface area contributed by atoms with Gasteiger partial charge >= 0.3 is 0 Å². The molecule has 26 heavy (non-hydrogen) atoms. The van der Waals surface area contributed by atoms with Gasteiger partial charge in [0.2, 0.25) is 5.90 Å². The van der Waals surface area contributed by atoms with E-state index in [1.807, 2.05) is 24.1 Å². The molecule has 2 aliphatic rings. The van der Waals surface area contributed by atoms with Gasteiger partial charge in [0.25, 0.3) is 0 Å². The van der Waals surface area contributed by atoms with E-state index in [9.17, 15) is 0 Å². The van der Waals surface area contributed by atoms with Gasteiger partial charge in [-0.2, -0.15) is 0 Å². The molecule has 0 spiro atoms. The van der Waals surface area contributed by atoms with E-state index in [-0.39, 0.29) is 12.4 Å². The number of aliphatic imine (C=N–C) groups is 1. The van der Waals surface area contributed by atoms with E-state index in [4.69, 9.17) is 21.3 Å². The minimum atomic E-state index is -0.200. The zero-order valence-electron chi connectivity index (χ0n) is 15.0. The number of hydrogen-bond donors (Lipinski definition) is 2. The lowest BCUT2D eigenvalue weighted by molar-refractivity contribution is 0.185. The number of rotatable bonds is 5. The van der Waals surface area contributed by atoms with Crippen molar-refractivity contribution in [2.75, 3.05) is 13.6 Å². The van der Waals surface area contributed by atoms with E-state index >= 15 is 0 Å². The Hall–Kier alpha value is -1.98. The van der Waals surface area contributed by atoms with E-state index in [1.165, 1.54) is 29.3 Å². The number of H-pyrrole nitrogens is 1. The molecule has 1 atom stereocenters. The molecule has 1 fully saturated rings. The minimum absolute atomic E-state index is 0.200. The summed E-state index contributed by atoms with van der Waals surface area (Å²) in [6.07, 6.45) is 9.60. The Kier molecular flexibility index (Phi) is 5.18. The molecule has 5 nitrogen and oxygen atoms in total. The van der Waals surface area contributed by atoms with Crippen molar-refractivity contribution in [3.05, 3.63) is 47.3 Å². The lowest BCUT2D eigenvalue weighted by atomic mass is 10.1. The van der Waals surface area contributed by atoms with E-state index in [0.29, 0.717) is 11.1 Å².